The molecule has 0 aliphatic rings. The zero-order valence-corrected chi connectivity index (χ0v) is 8.08. The number of benzene rings is 1. The maximum atomic E-state index is 13.5. The number of nitriles is 1. The Labute approximate surface area is 86.1 Å². The van der Waals surface area contributed by atoms with Gasteiger partial charge in [0.1, 0.15) is 6.07 Å². The Kier molecular flexibility index (Phi) is 3.37. The molecule has 1 rings (SSSR count). The topological polar surface area (TPSA) is 76.1 Å². The van der Waals surface area contributed by atoms with Crippen molar-refractivity contribution < 1.29 is 13.9 Å². The molecule has 78 valence electrons. The molecular formula is C10H9FN2O2. The third-order valence-electron chi connectivity index (χ3n) is 1.89. The van der Waals surface area contributed by atoms with E-state index >= 15 is 0 Å². The van der Waals surface area contributed by atoms with Gasteiger partial charge in [-0.1, -0.05) is 0 Å². The number of rotatable bonds is 2. The van der Waals surface area contributed by atoms with E-state index in [1.54, 1.807) is 6.07 Å². The minimum Gasteiger partial charge on any atom is -0.465 e. The number of hydrogen-bond donors (Lipinski definition) is 1. The van der Waals surface area contributed by atoms with Gasteiger partial charge in [-0.25, -0.2) is 9.18 Å². The lowest BCUT2D eigenvalue weighted by atomic mass is 10.1. The van der Waals surface area contributed by atoms with Crippen LogP contribution in [-0.4, -0.2) is 13.1 Å². The summed E-state index contributed by atoms with van der Waals surface area (Å²) in [5.41, 5.74) is 5.38. The van der Waals surface area contributed by atoms with Gasteiger partial charge in [0.25, 0.3) is 0 Å². The van der Waals surface area contributed by atoms with E-state index in [0.717, 1.165) is 7.11 Å². The van der Waals surface area contributed by atoms with Crippen LogP contribution in [-0.2, 0) is 11.3 Å². The lowest BCUT2D eigenvalue weighted by Crippen LogP contribution is -2.08. The molecule has 0 amide bonds. The fraction of sp³-hybridized carbons (Fsp3) is 0.200. The minimum absolute atomic E-state index is 0.124. The van der Waals surface area contributed by atoms with Gasteiger partial charge in [-0.3, -0.25) is 0 Å². The second-order valence-electron chi connectivity index (χ2n) is 2.81. The quantitative estimate of drug-likeness (QED) is 0.734. The van der Waals surface area contributed by atoms with Crippen molar-refractivity contribution in [3.05, 3.63) is 34.6 Å². The number of hydrogen-bond acceptors (Lipinski definition) is 4. The standard InChI is InChI=1S/C10H9FN2O2/c1-15-10(14)8-3-6(4-12)2-7(5-13)9(8)11/h2-3H,4,12H2,1H3. The first-order chi connectivity index (χ1) is 7.13. The van der Waals surface area contributed by atoms with Gasteiger partial charge in [0.05, 0.1) is 18.2 Å². The number of nitrogens with zero attached hydrogens (tertiary/aromatic N) is 1. The summed E-state index contributed by atoms with van der Waals surface area (Å²) in [6.07, 6.45) is 0. The molecule has 0 radical (unpaired) electrons. The molecule has 2 N–H and O–H groups in total. The molecule has 0 saturated heterocycles. The fourth-order valence-electron chi connectivity index (χ4n) is 1.14. The molecule has 5 heteroatoms. The van der Waals surface area contributed by atoms with Gasteiger partial charge in [-0.2, -0.15) is 5.26 Å². The lowest BCUT2D eigenvalue weighted by molar-refractivity contribution is 0.0595. The second kappa shape index (κ2) is 4.53. The zero-order valence-electron chi connectivity index (χ0n) is 8.08. The first-order valence-corrected chi connectivity index (χ1v) is 4.15. The van der Waals surface area contributed by atoms with Crippen molar-refractivity contribution in [2.45, 2.75) is 6.54 Å². The highest BCUT2D eigenvalue weighted by molar-refractivity contribution is 5.90. The van der Waals surface area contributed by atoms with Gasteiger partial charge in [0, 0.05) is 6.54 Å². The summed E-state index contributed by atoms with van der Waals surface area (Å²) in [4.78, 5) is 11.2. The number of nitrogens with two attached hydrogens (primary N) is 1. The SMILES string of the molecule is COC(=O)c1cc(CN)cc(C#N)c1F. The molecule has 15 heavy (non-hydrogen) atoms. The Morgan fingerprint density at radius 2 is 2.33 bits per heavy atom. The largest absolute Gasteiger partial charge is 0.465 e. The van der Waals surface area contributed by atoms with Crippen LogP contribution < -0.4 is 5.73 Å². The summed E-state index contributed by atoms with van der Waals surface area (Å²) in [6, 6.07) is 4.24. The van der Waals surface area contributed by atoms with Gasteiger partial charge >= 0.3 is 5.97 Å². The van der Waals surface area contributed by atoms with E-state index in [4.69, 9.17) is 11.0 Å². The first kappa shape index (κ1) is 11.1. The van der Waals surface area contributed by atoms with Crippen LogP contribution in [0.5, 0.6) is 0 Å². The van der Waals surface area contributed by atoms with Crippen LogP contribution in [0.25, 0.3) is 0 Å². The first-order valence-electron chi connectivity index (χ1n) is 4.15. The van der Waals surface area contributed by atoms with Crippen molar-refractivity contribution in [2.24, 2.45) is 5.73 Å². The van der Waals surface area contributed by atoms with Crippen LogP contribution in [0.3, 0.4) is 0 Å². The summed E-state index contributed by atoms with van der Waals surface area (Å²) in [6.45, 7) is 0.124. The highest BCUT2D eigenvalue weighted by Gasteiger charge is 2.16. The third-order valence-corrected chi connectivity index (χ3v) is 1.89. The van der Waals surface area contributed by atoms with Crippen molar-refractivity contribution in [2.75, 3.05) is 7.11 Å². The number of carbonyl (C=O) groups excluding carboxylic acids is 1. The molecule has 4 nitrogen and oxygen atoms in total. The highest BCUT2D eigenvalue weighted by Crippen LogP contribution is 2.16. The Morgan fingerprint density at radius 3 is 2.80 bits per heavy atom. The molecule has 0 saturated carbocycles. The Morgan fingerprint density at radius 1 is 1.67 bits per heavy atom. The van der Waals surface area contributed by atoms with Crippen molar-refractivity contribution in [1.82, 2.24) is 0 Å². The van der Waals surface area contributed by atoms with Crippen LogP contribution in [0.15, 0.2) is 12.1 Å². The van der Waals surface area contributed by atoms with Crippen molar-refractivity contribution >= 4 is 5.97 Å². The maximum Gasteiger partial charge on any atom is 0.340 e. The number of methoxy groups -OCH3 is 1. The zero-order chi connectivity index (χ0) is 11.4. The smallest absolute Gasteiger partial charge is 0.340 e. The van der Waals surface area contributed by atoms with E-state index < -0.39 is 11.8 Å². The fourth-order valence-corrected chi connectivity index (χ4v) is 1.14. The highest BCUT2D eigenvalue weighted by atomic mass is 19.1. The number of halogens is 1. The average Bonchev–Trinajstić information content (AvgIpc) is 2.28. The Hall–Kier alpha value is -1.93. The predicted octanol–water partition coefficient (Wildman–Crippen LogP) is 0.943. The van der Waals surface area contributed by atoms with Gasteiger partial charge in [-0.05, 0) is 17.7 Å². The number of esters is 1. The van der Waals surface area contributed by atoms with Gasteiger partial charge in [0.15, 0.2) is 5.82 Å². The van der Waals surface area contributed by atoms with Crippen LogP contribution in [0, 0.1) is 17.1 Å². The summed E-state index contributed by atoms with van der Waals surface area (Å²) < 4.78 is 17.8. The van der Waals surface area contributed by atoms with Crippen molar-refractivity contribution in [1.29, 1.82) is 5.26 Å². The van der Waals surface area contributed by atoms with Crippen molar-refractivity contribution in [3.8, 4) is 6.07 Å². The molecule has 0 aliphatic carbocycles. The third kappa shape index (κ3) is 2.11. The lowest BCUT2D eigenvalue weighted by Gasteiger charge is -2.05. The van der Waals surface area contributed by atoms with E-state index in [9.17, 15) is 9.18 Å². The van der Waals surface area contributed by atoms with E-state index in [2.05, 4.69) is 4.74 Å². The summed E-state index contributed by atoms with van der Waals surface area (Å²) in [5, 5.41) is 8.63. The monoisotopic (exact) mass is 208 g/mol. The van der Waals surface area contributed by atoms with Gasteiger partial charge in [-0.15, -0.1) is 0 Å². The molecule has 0 unspecified atom stereocenters. The van der Waals surface area contributed by atoms with Crippen LogP contribution in [0.1, 0.15) is 21.5 Å². The van der Waals surface area contributed by atoms with E-state index in [0.29, 0.717) is 5.56 Å². The Bertz CT molecular complexity index is 438. The molecule has 0 atom stereocenters. The molecule has 0 aliphatic heterocycles. The second-order valence-corrected chi connectivity index (χ2v) is 2.81. The molecule has 1 aromatic carbocycles. The van der Waals surface area contributed by atoms with Gasteiger partial charge < -0.3 is 10.5 Å². The molecule has 0 heterocycles. The maximum absolute atomic E-state index is 13.5. The summed E-state index contributed by atoms with van der Waals surface area (Å²) >= 11 is 0. The molecule has 0 bridgehead atoms. The number of ether oxygens (including phenoxy) is 1. The van der Waals surface area contributed by atoms with Crippen LogP contribution in [0.4, 0.5) is 4.39 Å². The van der Waals surface area contributed by atoms with Gasteiger partial charge in [0.2, 0.25) is 0 Å². The Balaban J connectivity index is 3.38. The predicted molar refractivity (Wildman–Crippen MR) is 50.3 cm³/mol. The van der Waals surface area contributed by atoms with Crippen molar-refractivity contribution in [3.63, 3.8) is 0 Å². The molecule has 0 spiro atoms. The molecule has 1 aromatic rings. The van der Waals surface area contributed by atoms with E-state index in [1.165, 1.54) is 12.1 Å². The van der Waals surface area contributed by atoms with E-state index in [1.807, 2.05) is 0 Å². The van der Waals surface area contributed by atoms with E-state index in [-0.39, 0.29) is 17.7 Å². The molecule has 0 fully saturated rings. The van der Waals surface area contributed by atoms with Crippen LogP contribution in [0.2, 0.25) is 0 Å². The molecular weight excluding hydrogens is 199 g/mol. The summed E-state index contributed by atoms with van der Waals surface area (Å²) in [7, 11) is 1.14. The van der Waals surface area contributed by atoms with Crippen LogP contribution >= 0.6 is 0 Å². The minimum atomic E-state index is -0.874. The normalized spacial score (nSPS) is 9.47. The molecule has 0 aromatic heterocycles. The number of carbonyl (C=O) groups is 1. The summed E-state index contributed by atoms with van der Waals surface area (Å²) in [5.74, 6) is -1.69. The average molecular weight is 208 g/mol.